The third-order valence-corrected chi connectivity index (χ3v) is 6.13. The van der Waals surface area contributed by atoms with Crippen molar-refractivity contribution >= 4 is 65.2 Å². The molecule has 0 fully saturated rings. The largest absolute Gasteiger partial charge is 0.354 e. The molecule has 0 amide bonds. The molecule has 7 rings (SSSR count). The number of hydrogen-bond acceptors (Lipinski definition) is 0. The van der Waals surface area contributed by atoms with Gasteiger partial charge in [-0.25, -0.2) is 0 Å². The summed E-state index contributed by atoms with van der Waals surface area (Å²) < 4.78 is 0. The van der Waals surface area contributed by atoms with Crippen LogP contribution in [-0.4, -0.2) is 9.97 Å². The van der Waals surface area contributed by atoms with Crippen molar-refractivity contribution in [2.45, 2.75) is 0 Å². The van der Waals surface area contributed by atoms with Gasteiger partial charge in [0.05, 0.1) is 16.6 Å². The Morgan fingerprint density at radius 2 is 0.964 bits per heavy atom. The van der Waals surface area contributed by atoms with E-state index in [1.807, 2.05) is 0 Å². The number of nitrogens with one attached hydrogen (secondary N) is 2. The zero-order valence-electron chi connectivity index (χ0n) is 15.1. The highest BCUT2D eigenvalue weighted by Gasteiger charge is 2.14. The Morgan fingerprint density at radius 1 is 0.393 bits per heavy atom. The molecule has 2 heterocycles. The van der Waals surface area contributed by atoms with Crippen LogP contribution in [0.4, 0.5) is 0 Å². The smallest absolute Gasteiger partial charge is 0.0566 e. The number of aromatic amines is 2. The normalized spacial score (nSPS) is 12.3. The van der Waals surface area contributed by atoms with Gasteiger partial charge < -0.3 is 9.97 Å². The molecule has 5 aromatic carbocycles. The van der Waals surface area contributed by atoms with Gasteiger partial charge in [-0.05, 0) is 16.8 Å². The van der Waals surface area contributed by atoms with Crippen LogP contribution in [0.3, 0.4) is 0 Å². The fourth-order valence-electron chi connectivity index (χ4n) is 4.85. The van der Waals surface area contributed by atoms with E-state index in [9.17, 15) is 0 Å². The summed E-state index contributed by atoms with van der Waals surface area (Å²) in [7, 11) is 0. The second kappa shape index (κ2) is 4.93. The lowest BCUT2D eigenvalue weighted by Gasteiger charge is -1.99. The van der Waals surface area contributed by atoms with Crippen LogP contribution in [-0.2, 0) is 0 Å². The zero-order chi connectivity index (χ0) is 18.2. The first-order valence-corrected chi connectivity index (χ1v) is 9.64. The number of benzene rings is 5. The molecule has 2 N–H and O–H groups in total. The first-order chi connectivity index (χ1) is 13.9. The summed E-state index contributed by atoms with van der Waals surface area (Å²) in [6, 6.07) is 30.6. The molecule has 0 atom stereocenters. The summed E-state index contributed by atoms with van der Waals surface area (Å²) in [6.07, 6.45) is 0. The van der Waals surface area contributed by atoms with Crippen molar-refractivity contribution in [3.63, 3.8) is 0 Å². The average Bonchev–Trinajstić information content (AvgIpc) is 3.32. The van der Waals surface area contributed by atoms with Crippen molar-refractivity contribution in [3.8, 4) is 0 Å². The van der Waals surface area contributed by atoms with Gasteiger partial charge in [-0.15, -0.1) is 0 Å². The molecule has 0 radical (unpaired) electrons. The minimum absolute atomic E-state index is 1.18. The van der Waals surface area contributed by atoms with E-state index in [-0.39, 0.29) is 0 Å². The molecule has 0 aliphatic heterocycles. The van der Waals surface area contributed by atoms with Crippen molar-refractivity contribution in [1.82, 2.24) is 9.97 Å². The third kappa shape index (κ3) is 1.68. The molecule has 0 bridgehead atoms. The number of H-pyrrole nitrogens is 2. The number of hydrogen-bond donors (Lipinski definition) is 2. The van der Waals surface area contributed by atoms with Gasteiger partial charge in [-0.1, -0.05) is 78.9 Å². The highest BCUT2D eigenvalue weighted by atomic mass is 14.7. The van der Waals surface area contributed by atoms with Gasteiger partial charge in [0.15, 0.2) is 0 Å². The Morgan fingerprint density at radius 3 is 1.71 bits per heavy atom. The molecule has 2 heteroatoms. The summed E-state index contributed by atoms with van der Waals surface area (Å²) in [5, 5.41) is 10.2. The highest BCUT2D eigenvalue weighted by Crippen LogP contribution is 2.39. The van der Waals surface area contributed by atoms with Crippen LogP contribution in [0.1, 0.15) is 0 Å². The standard InChI is InChI=1S/C26H16N2/c1-3-7-17-15(5-1)9-11-19-20-13-14-22-23(26(20)28-24(17)19)21-12-10-16-6-2-4-8-18(16)25(21)27-22/h1-14,27-28H. The van der Waals surface area contributed by atoms with Gasteiger partial charge in [-0.2, -0.15) is 0 Å². The lowest BCUT2D eigenvalue weighted by atomic mass is 10.0. The van der Waals surface area contributed by atoms with Gasteiger partial charge in [0.25, 0.3) is 0 Å². The molecular formula is C26H16N2. The van der Waals surface area contributed by atoms with Crippen LogP contribution in [0.25, 0.3) is 65.2 Å². The second-order valence-electron chi connectivity index (χ2n) is 7.58. The molecule has 0 saturated heterocycles. The molecule has 0 spiro atoms. The fraction of sp³-hybridized carbons (Fsp3) is 0. The summed E-state index contributed by atoms with van der Waals surface area (Å²) in [6.45, 7) is 0. The SMILES string of the molecule is c1ccc2c(c1)ccc1c3ccc4[nH]c5c6ccccc6ccc5c4c3[nH]c21. The van der Waals surface area contributed by atoms with E-state index in [2.05, 4.69) is 94.9 Å². The van der Waals surface area contributed by atoms with E-state index in [0.717, 1.165) is 0 Å². The Balaban J connectivity index is 1.74. The minimum atomic E-state index is 1.18. The van der Waals surface area contributed by atoms with E-state index in [1.54, 1.807) is 0 Å². The molecule has 7 aromatic rings. The average molecular weight is 356 g/mol. The van der Waals surface area contributed by atoms with E-state index < -0.39 is 0 Å². The molecule has 0 aliphatic carbocycles. The maximum absolute atomic E-state index is 3.77. The van der Waals surface area contributed by atoms with Crippen molar-refractivity contribution in [3.05, 3.63) is 84.9 Å². The second-order valence-corrected chi connectivity index (χ2v) is 7.58. The molecule has 28 heavy (non-hydrogen) atoms. The zero-order valence-corrected chi connectivity index (χ0v) is 15.1. The molecule has 0 saturated carbocycles. The van der Waals surface area contributed by atoms with Gasteiger partial charge >= 0.3 is 0 Å². The maximum atomic E-state index is 3.77. The molecule has 130 valence electrons. The van der Waals surface area contributed by atoms with Crippen LogP contribution in [0.5, 0.6) is 0 Å². The number of fused-ring (bicyclic) bond motifs is 11. The summed E-state index contributed by atoms with van der Waals surface area (Å²) in [5.41, 5.74) is 4.82. The van der Waals surface area contributed by atoms with Gasteiger partial charge in [0, 0.05) is 37.8 Å². The molecular weight excluding hydrogens is 340 g/mol. The number of rotatable bonds is 0. The molecule has 2 aromatic heterocycles. The minimum Gasteiger partial charge on any atom is -0.354 e. The van der Waals surface area contributed by atoms with Gasteiger partial charge in [0.1, 0.15) is 0 Å². The van der Waals surface area contributed by atoms with E-state index in [4.69, 9.17) is 0 Å². The van der Waals surface area contributed by atoms with Crippen LogP contribution in [0.15, 0.2) is 84.9 Å². The molecule has 2 nitrogen and oxygen atoms in total. The first kappa shape index (κ1) is 14.3. The summed E-state index contributed by atoms with van der Waals surface area (Å²) >= 11 is 0. The van der Waals surface area contributed by atoms with Crippen LogP contribution >= 0.6 is 0 Å². The van der Waals surface area contributed by atoms with Gasteiger partial charge in [0.2, 0.25) is 0 Å². The lowest BCUT2D eigenvalue weighted by Crippen LogP contribution is -1.75. The predicted octanol–water partition coefficient (Wildman–Crippen LogP) is 7.26. The topological polar surface area (TPSA) is 31.6 Å². The highest BCUT2D eigenvalue weighted by molar-refractivity contribution is 6.29. The van der Waals surface area contributed by atoms with Crippen LogP contribution in [0, 0.1) is 0 Å². The fourth-order valence-corrected chi connectivity index (χ4v) is 4.85. The molecule has 0 unspecified atom stereocenters. The van der Waals surface area contributed by atoms with Crippen molar-refractivity contribution in [1.29, 1.82) is 0 Å². The van der Waals surface area contributed by atoms with Crippen molar-refractivity contribution in [2.75, 3.05) is 0 Å². The van der Waals surface area contributed by atoms with E-state index in [0.29, 0.717) is 0 Å². The first-order valence-electron chi connectivity index (χ1n) is 9.64. The maximum Gasteiger partial charge on any atom is 0.0566 e. The molecule has 0 aliphatic rings. The van der Waals surface area contributed by atoms with E-state index in [1.165, 1.54) is 65.2 Å². The predicted molar refractivity (Wildman–Crippen MR) is 120 cm³/mol. The number of aromatic nitrogens is 2. The Kier molecular flexibility index (Phi) is 2.52. The van der Waals surface area contributed by atoms with Crippen molar-refractivity contribution < 1.29 is 0 Å². The Labute approximate surface area is 160 Å². The summed E-state index contributed by atoms with van der Waals surface area (Å²) in [4.78, 5) is 7.44. The van der Waals surface area contributed by atoms with Gasteiger partial charge in [-0.3, -0.25) is 0 Å². The van der Waals surface area contributed by atoms with Crippen molar-refractivity contribution in [2.24, 2.45) is 0 Å². The lowest BCUT2D eigenvalue weighted by molar-refractivity contribution is 1.56. The van der Waals surface area contributed by atoms with Crippen LogP contribution in [0.2, 0.25) is 0 Å². The Hall–Kier alpha value is -3.78. The monoisotopic (exact) mass is 356 g/mol. The van der Waals surface area contributed by atoms with Crippen LogP contribution < -0.4 is 0 Å². The Bertz CT molecular complexity index is 1710. The summed E-state index contributed by atoms with van der Waals surface area (Å²) in [5.74, 6) is 0. The van der Waals surface area contributed by atoms with E-state index >= 15 is 0 Å². The quantitative estimate of drug-likeness (QED) is 0.286. The third-order valence-electron chi connectivity index (χ3n) is 6.13.